The van der Waals surface area contributed by atoms with Gasteiger partial charge < -0.3 is 24.8 Å². The second-order valence-electron chi connectivity index (χ2n) is 5.32. The predicted octanol–water partition coefficient (Wildman–Crippen LogP) is -0.0162. The normalized spacial score (nSPS) is 29.8. The molecule has 0 aromatic heterocycles. The highest BCUT2D eigenvalue weighted by Gasteiger charge is 2.55. The van der Waals surface area contributed by atoms with E-state index in [-0.39, 0.29) is 13.2 Å². The summed E-state index contributed by atoms with van der Waals surface area (Å²) in [7, 11) is 0. The molecule has 8 heteroatoms. The van der Waals surface area contributed by atoms with E-state index in [1.54, 1.807) is 24.3 Å². The van der Waals surface area contributed by atoms with Crippen LogP contribution < -0.4 is 5.43 Å². The maximum atomic E-state index is 11.3. The molecular formula is C14H18N2O6. The van der Waals surface area contributed by atoms with Gasteiger partial charge in [0, 0.05) is 11.1 Å². The van der Waals surface area contributed by atoms with Crippen LogP contribution in [0.4, 0.5) is 4.79 Å². The topological polar surface area (TPSA) is 111 Å². The van der Waals surface area contributed by atoms with Crippen molar-refractivity contribution in [1.29, 1.82) is 0 Å². The first kappa shape index (κ1) is 15.2. The van der Waals surface area contributed by atoms with Crippen LogP contribution in [0.3, 0.4) is 0 Å². The van der Waals surface area contributed by atoms with Crippen molar-refractivity contribution in [1.82, 2.24) is 10.4 Å². The minimum Gasteiger partial charge on any atom is -0.464 e. The minimum atomic E-state index is -1.75. The molecule has 4 N–H and O–H groups in total. The Kier molecular flexibility index (Phi) is 4.02. The van der Waals surface area contributed by atoms with E-state index < -0.39 is 24.0 Å². The average Bonchev–Trinajstić information content (AvgIpc) is 2.73. The summed E-state index contributed by atoms with van der Waals surface area (Å²) in [5.74, 6) is -0.555. The third-order valence-corrected chi connectivity index (χ3v) is 4.04. The van der Waals surface area contributed by atoms with Gasteiger partial charge in [0.05, 0.1) is 32.3 Å². The second kappa shape index (κ2) is 5.82. The summed E-state index contributed by atoms with van der Waals surface area (Å²) in [6, 6.07) is 6.74. The van der Waals surface area contributed by atoms with E-state index in [1.807, 2.05) is 0 Å². The maximum Gasteiger partial charge on any atom is 0.419 e. The van der Waals surface area contributed by atoms with Crippen LogP contribution in [0.15, 0.2) is 24.3 Å². The Balaban J connectivity index is 2.04. The maximum absolute atomic E-state index is 11.3. The lowest BCUT2D eigenvalue weighted by atomic mass is 9.90. The molecule has 1 aromatic rings. The fourth-order valence-corrected chi connectivity index (χ4v) is 3.03. The van der Waals surface area contributed by atoms with Crippen LogP contribution in [0.1, 0.15) is 17.4 Å². The lowest BCUT2D eigenvalue weighted by Crippen LogP contribution is -2.57. The van der Waals surface area contributed by atoms with E-state index in [0.29, 0.717) is 24.3 Å². The molecular weight excluding hydrogens is 292 g/mol. The summed E-state index contributed by atoms with van der Waals surface area (Å²) in [6.45, 7) is 1.19. The van der Waals surface area contributed by atoms with E-state index in [1.165, 1.54) is 0 Å². The van der Waals surface area contributed by atoms with Crippen molar-refractivity contribution in [3.63, 3.8) is 0 Å². The Hall–Kier alpha value is -1.71. The number of aliphatic hydroxyl groups excluding tert-OH is 1. The number of ether oxygens (including phenoxy) is 2. The number of fused-ring (bicyclic) bond motifs is 1. The van der Waals surface area contributed by atoms with Gasteiger partial charge in [0.2, 0.25) is 0 Å². The molecule has 120 valence electrons. The molecule has 8 nitrogen and oxygen atoms in total. The molecule has 0 radical (unpaired) electrons. The molecule has 1 amide bonds. The number of rotatable bonds is 2. The highest BCUT2D eigenvalue weighted by molar-refractivity contribution is 5.64. The van der Waals surface area contributed by atoms with Gasteiger partial charge in [0.15, 0.2) is 12.0 Å². The largest absolute Gasteiger partial charge is 0.464 e. The number of aliphatic hydroxyl groups is 2. The molecule has 2 heterocycles. The first-order valence-corrected chi connectivity index (χ1v) is 6.99. The van der Waals surface area contributed by atoms with E-state index in [9.17, 15) is 15.0 Å². The molecule has 22 heavy (non-hydrogen) atoms. The van der Waals surface area contributed by atoms with Gasteiger partial charge in [0.1, 0.15) is 0 Å². The number of amides is 1. The zero-order valence-electron chi connectivity index (χ0n) is 11.8. The molecule has 1 fully saturated rings. The molecule has 2 atom stereocenters. The number of nitrogens with zero attached hydrogens (tertiary/aromatic N) is 1. The van der Waals surface area contributed by atoms with E-state index >= 15 is 0 Å². The summed E-state index contributed by atoms with van der Waals surface area (Å²) >= 11 is 0. The Morgan fingerprint density at radius 2 is 1.91 bits per heavy atom. The summed E-state index contributed by atoms with van der Waals surface area (Å²) in [5.41, 5.74) is 1.22. The molecule has 1 saturated heterocycles. The fraction of sp³-hybridized carbons (Fsp3) is 0.500. The van der Waals surface area contributed by atoms with Gasteiger partial charge in [0.25, 0.3) is 0 Å². The number of carboxylic acid groups (broad SMARTS) is 1. The molecule has 2 aliphatic heterocycles. The second-order valence-corrected chi connectivity index (χ2v) is 5.32. The quantitative estimate of drug-likeness (QED) is 0.607. The van der Waals surface area contributed by atoms with Gasteiger partial charge in [-0.05, 0) is 0 Å². The predicted molar refractivity (Wildman–Crippen MR) is 73.4 cm³/mol. The van der Waals surface area contributed by atoms with Crippen LogP contribution in [0.2, 0.25) is 0 Å². The van der Waals surface area contributed by atoms with Crippen LogP contribution in [0.25, 0.3) is 0 Å². The molecule has 0 spiro atoms. The van der Waals surface area contributed by atoms with Crippen LogP contribution in [-0.2, 0) is 15.2 Å². The molecule has 0 bridgehead atoms. The summed E-state index contributed by atoms with van der Waals surface area (Å²) in [6.07, 6.45) is -2.67. The van der Waals surface area contributed by atoms with Crippen molar-refractivity contribution < 1.29 is 29.6 Å². The Morgan fingerprint density at radius 1 is 1.27 bits per heavy atom. The number of hydrogen-bond donors (Lipinski definition) is 4. The highest BCUT2D eigenvalue weighted by atomic mass is 16.5. The van der Waals surface area contributed by atoms with Gasteiger partial charge in [-0.25, -0.2) is 10.2 Å². The number of nitrogens with one attached hydrogen (secondary N) is 1. The first-order chi connectivity index (χ1) is 10.5. The number of hydrazine groups is 1. The van der Waals surface area contributed by atoms with Crippen LogP contribution in [-0.4, -0.2) is 52.8 Å². The lowest BCUT2D eigenvalue weighted by molar-refractivity contribution is -0.227. The van der Waals surface area contributed by atoms with Gasteiger partial charge in [-0.15, -0.1) is 0 Å². The number of benzene rings is 1. The van der Waals surface area contributed by atoms with E-state index in [4.69, 9.17) is 14.6 Å². The summed E-state index contributed by atoms with van der Waals surface area (Å²) in [4.78, 5) is 11.1. The minimum absolute atomic E-state index is 0.190. The SMILES string of the molecule is O=C(O)NN1C(O)c2ccccc2C1(O)C1COCCOC1. The molecule has 2 aliphatic rings. The van der Waals surface area contributed by atoms with Crippen molar-refractivity contribution in [3.05, 3.63) is 35.4 Å². The van der Waals surface area contributed by atoms with Gasteiger partial charge in [-0.1, -0.05) is 24.3 Å². The van der Waals surface area contributed by atoms with Crippen molar-refractivity contribution in [2.75, 3.05) is 26.4 Å². The van der Waals surface area contributed by atoms with E-state index in [0.717, 1.165) is 5.01 Å². The Bertz CT molecular complexity index is 560. The van der Waals surface area contributed by atoms with Crippen molar-refractivity contribution >= 4 is 6.09 Å². The van der Waals surface area contributed by atoms with Gasteiger partial charge in [-0.3, -0.25) is 0 Å². The van der Waals surface area contributed by atoms with Gasteiger partial charge in [-0.2, -0.15) is 5.01 Å². The summed E-state index contributed by atoms with van der Waals surface area (Å²) < 4.78 is 10.8. The van der Waals surface area contributed by atoms with Crippen molar-refractivity contribution in [3.8, 4) is 0 Å². The fourth-order valence-electron chi connectivity index (χ4n) is 3.03. The number of hydrogen-bond acceptors (Lipinski definition) is 6. The van der Waals surface area contributed by atoms with Crippen LogP contribution in [0.5, 0.6) is 0 Å². The molecule has 3 rings (SSSR count). The zero-order chi connectivity index (χ0) is 15.7. The van der Waals surface area contributed by atoms with Crippen LogP contribution in [0, 0.1) is 5.92 Å². The molecule has 1 aromatic carbocycles. The van der Waals surface area contributed by atoms with Crippen LogP contribution >= 0.6 is 0 Å². The molecule has 0 saturated carbocycles. The average molecular weight is 310 g/mol. The first-order valence-electron chi connectivity index (χ1n) is 6.99. The monoisotopic (exact) mass is 310 g/mol. The standard InChI is InChI=1S/C14H18N2O6/c17-12-10-3-1-2-4-11(10)14(20,16(12)15-13(18)19)9-7-21-5-6-22-8-9/h1-4,9,12,15,17,20H,5-8H2,(H,18,19). The third kappa shape index (κ3) is 2.34. The zero-order valence-corrected chi connectivity index (χ0v) is 11.8. The van der Waals surface area contributed by atoms with E-state index in [2.05, 4.69) is 5.43 Å². The van der Waals surface area contributed by atoms with Gasteiger partial charge >= 0.3 is 6.09 Å². The molecule has 0 aliphatic carbocycles. The summed E-state index contributed by atoms with van der Waals surface area (Å²) in [5, 5.41) is 31.6. The Morgan fingerprint density at radius 3 is 2.55 bits per heavy atom. The van der Waals surface area contributed by atoms with Crippen molar-refractivity contribution in [2.45, 2.75) is 12.0 Å². The molecule has 2 unspecified atom stereocenters. The highest BCUT2D eigenvalue weighted by Crippen LogP contribution is 2.46. The lowest BCUT2D eigenvalue weighted by Gasteiger charge is -2.39. The smallest absolute Gasteiger partial charge is 0.419 e. The Labute approximate surface area is 126 Å². The third-order valence-electron chi connectivity index (χ3n) is 4.04. The number of carbonyl (C=O) groups is 1. The van der Waals surface area contributed by atoms with Crippen molar-refractivity contribution in [2.24, 2.45) is 5.92 Å².